The highest BCUT2D eigenvalue weighted by Gasteiger charge is 2.36. The summed E-state index contributed by atoms with van der Waals surface area (Å²) >= 11 is 0. The zero-order chi connectivity index (χ0) is 11.4. The Hall–Kier alpha value is -1.28. The first-order valence-electron chi connectivity index (χ1n) is 4.85. The number of nitrogens with two attached hydrogens (primary N) is 2. The van der Waals surface area contributed by atoms with Crippen LogP contribution in [0.1, 0.15) is 0 Å². The highest BCUT2D eigenvalue weighted by Crippen LogP contribution is 2.33. The molecule has 0 amide bonds. The van der Waals surface area contributed by atoms with E-state index in [0.29, 0.717) is 24.7 Å². The Balaban J connectivity index is 2.10. The number of aromatic nitrogens is 1. The van der Waals surface area contributed by atoms with Gasteiger partial charge in [0.2, 0.25) is 0 Å². The molecule has 1 aromatic rings. The first-order valence-corrected chi connectivity index (χ1v) is 4.85. The zero-order valence-corrected chi connectivity index (χ0v) is 8.77. The number of rotatable bonds is 4. The van der Waals surface area contributed by atoms with Gasteiger partial charge in [-0.25, -0.2) is 11.8 Å². The fourth-order valence-electron chi connectivity index (χ4n) is 1.63. The van der Waals surface area contributed by atoms with Crippen molar-refractivity contribution in [1.29, 1.82) is 0 Å². The van der Waals surface area contributed by atoms with Gasteiger partial charge in [0.05, 0.1) is 18.6 Å². The van der Waals surface area contributed by atoms with E-state index in [0.717, 1.165) is 0 Å². The summed E-state index contributed by atoms with van der Waals surface area (Å²) in [5.41, 5.74) is -0.491. The minimum atomic E-state index is -0.491. The molecule has 2 heterocycles. The summed E-state index contributed by atoms with van der Waals surface area (Å²) in [5.74, 6) is 11.5. The van der Waals surface area contributed by atoms with Gasteiger partial charge < -0.3 is 24.1 Å². The maximum absolute atomic E-state index is 5.58. The van der Waals surface area contributed by atoms with Gasteiger partial charge in [0, 0.05) is 12.4 Å². The summed E-state index contributed by atoms with van der Waals surface area (Å²) in [6.45, 7) is 1.23. The predicted molar refractivity (Wildman–Crippen MR) is 54.5 cm³/mol. The number of ether oxygens (including phenoxy) is 2. The molecule has 1 aromatic heterocycles. The molecule has 0 fully saturated rings. The number of fused-ring (bicyclic) bond motifs is 1. The van der Waals surface area contributed by atoms with Crippen LogP contribution >= 0.6 is 0 Å². The third kappa shape index (κ3) is 2.12. The minimum Gasteiger partial charge on any atom is -0.487 e. The van der Waals surface area contributed by atoms with Gasteiger partial charge in [0.25, 0.3) is 0 Å². The first-order chi connectivity index (χ1) is 7.79. The van der Waals surface area contributed by atoms with Gasteiger partial charge in [0.15, 0.2) is 11.5 Å². The lowest BCUT2D eigenvalue weighted by molar-refractivity contribution is -0.0615. The number of aromatic amines is 1. The molecule has 0 radical (unpaired) electrons. The molecule has 0 bridgehead atoms. The second kappa shape index (κ2) is 4.71. The smallest absolute Gasteiger partial charge is 0.178 e. The molecule has 0 saturated carbocycles. The Bertz CT molecular complexity index is 311. The molecule has 5 N–H and O–H groups in total. The average molecular weight is 229 g/mol. The van der Waals surface area contributed by atoms with Crippen LogP contribution in [-0.2, 0) is 9.68 Å². The van der Waals surface area contributed by atoms with Crippen molar-refractivity contribution >= 4 is 0 Å². The Morgan fingerprint density at radius 2 is 1.62 bits per heavy atom. The highest BCUT2D eigenvalue weighted by atomic mass is 16.6. The van der Waals surface area contributed by atoms with Gasteiger partial charge in [-0.05, 0) is 0 Å². The quantitative estimate of drug-likeness (QED) is 0.604. The first kappa shape index (κ1) is 11.2. The lowest BCUT2D eigenvalue weighted by Gasteiger charge is -2.28. The van der Waals surface area contributed by atoms with E-state index in [1.54, 1.807) is 12.4 Å². The maximum Gasteiger partial charge on any atom is 0.178 e. The van der Waals surface area contributed by atoms with E-state index >= 15 is 0 Å². The summed E-state index contributed by atoms with van der Waals surface area (Å²) in [4.78, 5) is 12.2. The van der Waals surface area contributed by atoms with Crippen molar-refractivity contribution in [1.82, 2.24) is 4.98 Å². The van der Waals surface area contributed by atoms with Crippen LogP contribution < -0.4 is 21.3 Å². The molecule has 1 aliphatic heterocycles. The highest BCUT2D eigenvalue weighted by molar-refractivity contribution is 5.37. The number of hydrogen-bond acceptors (Lipinski definition) is 6. The summed E-state index contributed by atoms with van der Waals surface area (Å²) in [5, 5.41) is 0. The van der Waals surface area contributed by atoms with Crippen LogP contribution in [-0.4, -0.2) is 31.4 Å². The molecule has 1 aliphatic rings. The van der Waals surface area contributed by atoms with Crippen molar-refractivity contribution in [2.75, 3.05) is 26.4 Å². The van der Waals surface area contributed by atoms with Crippen molar-refractivity contribution in [3.8, 4) is 11.5 Å². The van der Waals surface area contributed by atoms with Gasteiger partial charge in [-0.2, -0.15) is 0 Å². The number of nitrogens with one attached hydrogen (secondary N) is 1. The van der Waals surface area contributed by atoms with E-state index in [-0.39, 0.29) is 13.2 Å². The van der Waals surface area contributed by atoms with Gasteiger partial charge in [0.1, 0.15) is 13.2 Å². The van der Waals surface area contributed by atoms with Gasteiger partial charge in [-0.3, -0.25) is 0 Å². The maximum atomic E-state index is 5.58. The van der Waals surface area contributed by atoms with E-state index in [9.17, 15) is 0 Å². The average Bonchev–Trinajstić information content (AvgIpc) is 2.66. The van der Waals surface area contributed by atoms with Crippen molar-refractivity contribution < 1.29 is 19.1 Å². The van der Waals surface area contributed by atoms with Gasteiger partial charge in [-0.1, -0.05) is 0 Å². The van der Waals surface area contributed by atoms with Crippen LogP contribution in [0.2, 0.25) is 0 Å². The molecular formula is C9H15N3O4. The van der Waals surface area contributed by atoms with Crippen molar-refractivity contribution in [2.45, 2.75) is 0 Å². The molecule has 0 unspecified atom stereocenters. The molecule has 7 nitrogen and oxygen atoms in total. The lowest BCUT2D eigenvalue weighted by Crippen LogP contribution is -2.43. The molecule has 90 valence electrons. The Morgan fingerprint density at radius 3 is 2.06 bits per heavy atom. The Kier molecular flexibility index (Phi) is 3.30. The summed E-state index contributed by atoms with van der Waals surface area (Å²) in [6, 6.07) is 0. The van der Waals surface area contributed by atoms with Crippen LogP contribution in [0.5, 0.6) is 11.5 Å². The monoisotopic (exact) mass is 229 g/mol. The van der Waals surface area contributed by atoms with Crippen LogP contribution in [0, 0.1) is 5.41 Å². The lowest BCUT2D eigenvalue weighted by atomic mass is 9.92. The fourth-order valence-corrected chi connectivity index (χ4v) is 1.63. The topological polar surface area (TPSA) is 105 Å². The Labute approximate surface area is 92.5 Å². The van der Waals surface area contributed by atoms with Crippen LogP contribution in [0.3, 0.4) is 0 Å². The Morgan fingerprint density at radius 1 is 1.12 bits per heavy atom. The third-order valence-electron chi connectivity index (χ3n) is 2.52. The normalized spacial score (nSPS) is 18.1. The summed E-state index contributed by atoms with van der Waals surface area (Å²) < 4.78 is 11.2. The zero-order valence-electron chi connectivity index (χ0n) is 8.77. The molecule has 0 spiro atoms. The third-order valence-corrected chi connectivity index (χ3v) is 2.52. The molecular weight excluding hydrogens is 214 g/mol. The largest absolute Gasteiger partial charge is 0.487 e. The predicted octanol–water partition coefficient (Wildman–Crippen LogP) is -0.447. The summed E-state index contributed by atoms with van der Waals surface area (Å²) in [6.07, 6.45) is 3.44. The van der Waals surface area contributed by atoms with Crippen LogP contribution in [0.25, 0.3) is 0 Å². The van der Waals surface area contributed by atoms with E-state index < -0.39 is 5.41 Å². The number of H-pyrrole nitrogens is 1. The molecule has 2 rings (SSSR count). The van der Waals surface area contributed by atoms with E-state index in [1.165, 1.54) is 0 Å². The molecule has 16 heavy (non-hydrogen) atoms. The van der Waals surface area contributed by atoms with E-state index in [1.807, 2.05) is 0 Å². The van der Waals surface area contributed by atoms with Crippen molar-refractivity contribution in [2.24, 2.45) is 17.2 Å². The van der Waals surface area contributed by atoms with Crippen LogP contribution in [0.15, 0.2) is 12.4 Å². The second-order valence-electron chi connectivity index (χ2n) is 3.88. The van der Waals surface area contributed by atoms with Crippen LogP contribution in [0.4, 0.5) is 0 Å². The van der Waals surface area contributed by atoms with Crippen molar-refractivity contribution in [3.63, 3.8) is 0 Å². The molecule has 0 atom stereocenters. The van der Waals surface area contributed by atoms with Crippen molar-refractivity contribution in [3.05, 3.63) is 12.4 Å². The molecule has 0 aromatic carbocycles. The second-order valence-corrected chi connectivity index (χ2v) is 3.88. The molecule has 0 aliphatic carbocycles. The fraction of sp³-hybridized carbons (Fsp3) is 0.556. The SMILES string of the molecule is NOCC1(CON)COc2c[nH]cc2OC1. The summed E-state index contributed by atoms with van der Waals surface area (Å²) in [7, 11) is 0. The van der Waals surface area contributed by atoms with E-state index in [4.69, 9.17) is 21.3 Å². The van der Waals surface area contributed by atoms with Gasteiger partial charge >= 0.3 is 0 Å². The molecule has 7 heteroatoms. The van der Waals surface area contributed by atoms with Gasteiger partial charge in [-0.15, -0.1) is 0 Å². The minimum absolute atomic E-state index is 0.248. The molecule has 0 saturated heterocycles. The number of hydrogen-bond donors (Lipinski definition) is 3. The standard InChI is InChI=1S/C9H15N3O4/c10-15-5-9(6-16-11)3-13-7-1-12-2-8(7)14-4-9/h1-2,12H,3-6,10-11H2. The van der Waals surface area contributed by atoms with E-state index in [2.05, 4.69) is 14.7 Å².